The first kappa shape index (κ1) is 10.9. The van der Waals surface area contributed by atoms with E-state index in [1.807, 2.05) is 0 Å². The number of hydrogen-bond acceptors (Lipinski definition) is 5. The van der Waals surface area contributed by atoms with Crippen LogP contribution in [0.3, 0.4) is 0 Å². The molecule has 78 valence electrons. The number of aliphatic hydroxyl groups is 1. The minimum absolute atomic E-state index is 0.292. The lowest BCUT2D eigenvalue weighted by Crippen LogP contribution is -2.39. The van der Waals surface area contributed by atoms with E-state index >= 15 is 0 Å². The molecule has 0 aliphatic heterocycles. The van der Waals surface area contributed by atoms with E-state index in [4.69, 9.17) is 10.8 Å². The molecule has 1 heterocycles. The first-order chi connectivity index (χ1) is 6.50. The van der Waals surface area contributed by atoms with Crippen molar-refractivity contribution in [1.29, 1.82) is 0 Å². The van der Waals surface area contributed by atoms with Gasteiger partial charge >= 0.3 is 0 Å². The van der Waals surface area contributed by atoms with Gasteiger partial charge in [-0.2, -0.15) is 0 Å². The molecule has 0 bridgehead atoms. The summed E-state index contributed by atoms with van der Waals surface area (Å²) in [4.78, 5) is 15.3. The SMILES string of the molecule is CC(O)C(C)NC(=O)c1csc(N)n1. The van der Waals surface area contributed by atoms with Gasteiger partial charge in [-0.1, -0.05) is 0 Å². The molecule has 2 unspecified atom stereocenters. The normalized spacial score (nSPS) is 14.8. The predicted octanol–water partition coefficient (Wildman–Crippen LogP) is 0.224. The number of carbonyl (C=O) groups is 1. The Morgan fingerprint density at radius 1 is 1.71 bits per heavy atom. The highest BCUT2D eigenvalue weighted by atomic mass is 32.1. The van der Waals surface area contributed by atoms with Crippen molar-refractivity contribution in [3.63, 3.8) is 0 Å². The molecule has 0 spiro atoms. The molecule has 1 aromatic rings. The van der Waals surface area contributed by atoms with Crippen molar-refractivity contribution in [2.75, 3.05) is 5.73 Å². The zero-order chi connectivity index (χ0) is 10.7. The molecule has 5 nitrogen and oxygen atoms in total. The van der Waals surface area contributed by atoms with Gasteiger partial charge in [0.2, 0.25) is 0 Å². The number of nitrogens with one attached hydrogen (secondary N) is 1. The molecule has 2 atom stereocenters. The molecule has 0 aliphatic rings. The average Bonchev–Trinajstić information content (AvgIpc) is 2.51. The third-order valence-corrected chi connectivity index (χ3v) is 2.51. The Morgan fingerprint density at radius 2 is 2.36 bits per heavy atom. The molecular weight excluding hydrogens is 202 g/mol. The fourth-order valence-electron chi connectivity index (χ4n) is 0.793. The van der Waals surface area contributed by atoms with Crippen molar-refractivity contribution in [3.8, 4) is 0 Å². The smallest absolute Gasteiger partial charge is 0.271 e. The molecule has 14 heavy (non-hydrogen) atoms. The van der Waals surface area contributed by atoms with Gasteiger partial charge in [0.25, 0.3) is 5.91 Å². The van der Waals surface area contributed by atoms with Crippen molar-refractivity contribution in [1.82, 2.24) is 10.3 Å². The fraction of sp³-hybridized carbons (Fsp3) is 0.500. The van der Waals surface area contributed by atoms with Gasteiger partial charge in [-0.3, -0.25) is 4.79 Å². The van der Waals surface area contributed by atoms with Crippen LogP contribution in [0.25, 0.3) is 0 Å². The van der Waals surface area contributed by atoms with E-state index in [-0.39, 0.29) is 11.9 Å². The third-order valence-electron chi connectivity index (χ3n) is 1.84. The number of hydrogen-bond donors (Lipinski definition) is 3. The molecule has 0 saturated carbocycles. The van der Waals surface area contributed by atoms with Crippen molar-refractivity contribution in [2.45, 2.75) is 26.0 Å². The van der Waals surface area contributed by atoms with Crippen molar-refractivity contribution >= 4 is 22.4 Å². The van der Waals surface area contributed by atoms with Gasteiger partial charge in [0.15, 0.2) is 5.13 Å². The number of aromatic nitrogens is 1. The summed E-state index contributed by atoms with van der Waals surface area (Å²) >= 11 is 1.21. The maximum Gasteiger partial charge on any atom is 0.271 e. The summed E-state index contributed by atoms with van der Waals surface area (Å²) in [5, 5.41) is 13.7. The second kappa shape index (κ2) is 4.39. The Bertz CT molecular complexity index is 324. The van der Waals surface area contributed by atoms with Crippen LogP contribution in [0, 0.1) is 0 Å². The van der Waals surface area contributed by atoms with E-state index in [0.717, 1.165) is 0 Å². The van der Waals surface area contributed by atoms with Gasteiger partial charge in [0.1, 0.15) is 5.69 Å². The third kappa shape index (κ3) is 2.68. The van der Waals surface area contributed by atoms with Crippen LogP contribution in [0.15, 0.2) is 5.38 Å². The first-order valence-electron chi connectivity index (χ1n) is 4.20. The monoisotopic (exact) mass is 215 g/mol. The van der Waals surface area contributed by atoms with Crippen LogP contribution in [0.1, 0.15) is 24.3 Å². The molecule has 0 saturated heterocycles. The minimum atomic E-state index is -0.588. The van der Waals surface area contributed by atoms with E-state index in [1.54, 1.807) is 19.2 Å². The summed E-state index contributed by atoms with van der Waals surface area (Å²) in [6, 6.07) is -0.301. The van der Waals surface area contributed by atoms with Crippen LogP contribution in [0.5, 0.6) is 0 Å². The Kier molecular flexibility index (Phi) is 3.43. The molecule has 0 aromatic carbocycles. The van der Waals surface area contributed by atoms with E-state index in [1.165, 1.54) is 11.3 Å². The number of nitrogen functional groups attached to an aromatic ring is 1. The number of thiazole rings is 1. The fourth-order valence-corrected chi connectivity index (χ4v) is 1.34. The van der Waals surface area contributed by atoms with Gasteiger partial charge in [-0.05, 0) is 13.8 Å². The topological polar surface area (TPSA) is 88.2 Å². The zero-order valence-corrected chi connectivity index (χ0v) is 8.84. The largest absolute Gasteiger partial charge is 0.391 e. The molecule has 0 aliphatic carbocycles. The summed E-state index contributed by atoms with van der Waals surface area (Å²) in [6.45, 7) is 3.33. The van der Waals surface area contributed by atoms with Crippen molar-refractivity contribution in [3.05, 3.63) is 11.1 Å². The second-order valence-electron chi connectivity index (χ2n) is 3.07. The molecule has 1 aromatic heterocycles. The van der Waals surface area contributed by atoms with Crippen LogP contribution < -0.4 is 11.1 Å². The minimum Gasteiger partial charge on any atom is -0.391 e. The molecule has 1 amide bonds. The van der Waals surface area contributed by atoms with Crippen LogP contribution in [0.4, 0.5) is 5.13 Å². The van der Waals surface area contributed by atoms with Gasteiger partial charge < -0.3 is 16.2 Å². The highest BCUT2D eigenvalue weighted by Crippen LogP contribution is 2.10. The van der Waals surface area contributed by atoms with E-state index < -0.39 is 6.10 Å². The maximum absolute atomic E-state index is 11.4. The Labute approximate surface area is 86.0 Å². The van der Waals surface area contributed by atoms with Crippen molar-refractivity contribution < 1.29 is 9.90 Å². The molecule has 0 fully saturated rings. The lowest BCUT2D eigenvalue weighted by Gasteiger charge is -2.15. The number of carbonyl (C=O) groups excluding carboxylic acids is 1. The molecular formula is C8H13N3O2S. The quantitative estimate of drug-likeness (QED) is 0.673. The summed E-state index contributed by atoms with van der Waals surface area (Å²) < 4.78 is 0. The standard InChI is InChI=1S/C8H13N3O2S/c1-4(5(2)12)10-7(13)6-3-14-8(9)11-6/h3-5,12H,1-2H3,(H2,9,11)(H,10,13). The molecule has 4 N–H and O–H groups in total. The van der Waals surface area contributed by atoms with Crippen LogP contribution in [0.2, 0.25) is 0 Å². The van der Waals surface area contributed by atoms with Gasteiger partial charge in [-0.15, -0.1) is 11.3 Å². The summed E-state index contributed by atoms with van der Waals surface area (Å²) in [5.41, 5.74) is 5.68. The molecule has 6 heteroatoms. The summed E-state index contributed by atoms with van der Waals surface area (Å²) in [5.74, 6) is -0.314. The van der Waals surface area contributed by atoms with E-state index in [9.17, 15) is 4.79 Å². The van der Waals surface area contributed by atoms with Crippen LogP contribution >= 0.6 is 11.3 Å². The van der Waals surface area contributed by atoms with E-state index in [2.05, 4.69) is 10.3 Å². The number of aliphatic hydroxyl groups excluding tert-OH is 1. The summed E-state index contributed by atoms with van der Waals surface area (Å²) in [7, 11) is 0. The summed E-state index contributed by atoms with van der Waals surface area (Å²) in [6.07, 6.45) is -0.588. The highest BCUT2D eigenvalue weighted by molar-refractivity contribution is 7.13. The number of anilines is 1. The van der Waals surface area contributed by atoms with Crippen LogP contribution in [-0.4, -0.2) is 28.1 Å². The number of nitrogens with two attached hydrogens (primary N) is 1. The molecule has 0 radical (unpaired) electrons. The Balaban J connectivity index is 2.59. The Hall–Kier alpha value is -1.14. The first-order valence-corrected chi connectivity index (χ1v) is 5.08. The van der Waals surface area contributed by atoms with Gasteiger partial charge in [-0.25, -0.2) is 4.98 Å². The lowest BCUT2D eigenvalue weighted by molar-refractivity contribution is 0.0869. The van der Waals surface area contributed by atoms with Crippen molar-refractivity contribution in [2.24, 2.45) is 0 Å². The average molecular weight is 215 g/mol. The van der Waals surface area contributed by atoms with Gasteiger partial charge in [0, 0.05) is 5.38 Å². The zero-order valence-electron chi connectivity index (χ0n) is 8.02. The number of nitrogens with zero attached hydrogens (tertiary/aromatic N) is 1. The van der Waals surface area contributed by atoms with Crippen LogP contribution in [-0.2, 0) is 0 Å². The number of amides is 1. The number of rotatable bonds is 3. The molecule has 1 rings (SSSR count). The maximum atomic E-state index is 11.4. The highest BCUT2D eigenvalue weighted by Gasteiger charge is 2.15. The van der Waals surface area contributed by atoms with E-state index in [0.29, 0.717) is 10.8 Å². The van der Waals surface area contributed by atoms with Gasteiger partial charge in [0.05, 0.1) is 12.1 Å². The second-order valence-corrected chi connectivity index (χ2v) is 3.96. The lowest BCUT2D eigenvalue weighted by atomic mass is 10.2. The Morgan fingerprint density at radius 3 is 2.79 bits per heavy atom. The predicted molar refractivity (Wildman–Crippen MR) is 55.1 cm³/mol.